The Kier molecular flexibility index (Phi) is 3.03. The Hall–Kier alpha value is -1.83. The van der Waals surface area contributed by atoms with Gasteiger partial charge in [-0.05, 0) is 6.07 Å². The van der Waals surface area contributed by atoms with Gasteiger partial charge < -0.3 is 5.32 Å². The molecule has 0 saturated carbocycles. The highest BCUT2D eigenvalue weighted by Gasteiger charge is 2.00. The van der Waals surface area contributed by atoms with Gasteiger partial charge in [0.2, 0.25) is 5.91 Å². The highest BCUT2D eigenvalue weighted by Crippen LogP contribution is 1.92. The van der Waals surface area contributed by atoms with Crippen LogP contribution < -0.4 is 5.32 Å². The molecule has 0 spiro atoms. The van der Waals surface area contributed by atoms with E-state index in [1.54, 1.807) is 24.0 Å². The quantitative estimate of drug-likeness (QED) is 0.705. The van der Waals surface area contributed by atoms with E-state index in [1.165, 1.54) is 0 Å². The molecule has 1 aromatic rings. The first-order valence-electron chi connectivity index (χ1n) is 3.84. The molecule has 0 bridgehead atoms. The number of nitrogens with zero attached hydrogens (tertiary/aromatic N) is 3. The molecule has 0 fully saturated rings. The molecule has 1 N–H and O–H groups in total. The molecule has 1 rings (SSSR count). The number of hydrogen-bond acceptors (Lipinski definition) is 3. The van der Waals surface area contributed by atoms with Gasteiger partial charge in [-0.1, -0.05) is 0 Å². The van der Waals surface area contributed by atoms with Crippen LogP contribution in [0, 0.1) is 11.3 Å². The molecule has 1 aromatic heterocycles. The van der Waals surface area contributed by atoms with Crippen LogP contribution in [0.15, 0.2) is 12.3 Å². The van der Waals surface area contributed by atoms with Gasteiger partial charge >= 0.3 is 0 Å². The van der Waals surface area contributed by atoms with Crippen LogP contribution in [-0.2, 0) is 18.4 Å². The van der Waals surface area contributed by atoms with Crippen molar-refractivity contribution < 1.29 is 4.79 Å². The monoisotopic (exact) mass is 178 g/mol. The van der Waals surface area contributed by atoms with E-state index in [0.29, 0.717) is 6.54 Å². The maximum Gasteiger partial charge on any atom is 0.234 e. The molecular formula is C8H10N4O. The molecule has 0 radical (unpaired) electrons. The van der Waals surface area contributed by atoms with E-state index in [1.807, 2.05) is 6.07 Å². The summed E-state index contributed by atoms with van der Waals surface area (Å²) in [6.45, 7) is 0.376. The van der Waals surface area contributed by atoms with Gasteiger partial charge in [-0.2, -0.15) is 10.4 Å². The number of aryl methyl sites for hydroxylation is 1. The van der Waals surface area contributed by atoms with E-state index in [9.17, 15) is 4.79 Å². The van der Waals surface area contributed by atoms with E-state index >= 15 is 0 Å². The van der Waals surface area contributed by atoms with Crippen LogP contribution in [0.4, 0.5) is 0 Å². The lowest BCUT2D eigenvalue weighted by Gasteiger charge is -1.97. The second kappa shape index (κ2) is 4.26. The average molecular weight is 178 g/mol. The van der Waals surface area contributed by atoms with Gasteiger partial charge in [0, 0.05) is 13.2 Å². The predicted octanol–water partition coefficient (Wildman–Crippen LogP) is -0.0500. The summed E-state index contributed by atoms with van der Waals surface area (Å²) in [5.74, 6) is -0.270. The zero-order valence-electron chi connectivity index (χ0n) is 7.32. The molecule has 0 saturated heterocycles. The molecule has 1 amide bonds. The number of amides is 1. The fraction of sp³-hybridized carbons (Fsp3) is 0.375. The third kappa shape index (κ3) is 2.95. The van der Waals surface area contributed by atoms with Crippen molar-refractivity contribution in [3.05, 3.63) is 18.0 Å². The van der Waals surface area contributed by atoms with E-state index in [0.717, 1.165) is 5.69 Å². The van der Waals surface area contributed by atoms with E-state index in [4.69, 9.17) is 5.26 Å². The van der Waals surface area contributed by atoms with Gasteiger partial charge in [-0.25, -0.2) is 0 Å². The first-order chi connectivity index (χ1) is 6.22. The summed E-state index contributed by atoms with van der Waals surface area (Å²) < 4.78 is 1.66. The average Bonchev–Trinajstić information content (AvgIpc) is 2.49. The van der Waals surface area contributed by atoms with Gasteiger partial charge in [0.15, 0.2) is 0 Å². The first-order valence-corrected chi connectivity index (χ1v) is 3.84. The molecule has 0 atom stereocenters. The van der Waals surface area contributed by atoms with Crippen LogP contribution in [0.5, 0.6) is 0 Å². The third-order valence-electron chi connectivity index (χ3n) is 1.48. The van der Waals surface area contributed by atoms with Crippen LogP contribution in [0.1, 0.15) is 12.1 Å². The van der Waals surface area contributed by atoms with Gasteiger partial charge in [0.1, 0.15) is 6.42 Å². The standard InChI is InChI=1S/C8H10N4O/c1-12-5-3-7(11-12)6-10-8(13)2-4-9/h3,5H,2,6H2,1H3,(H,10,13). The maximum absolute atomic E-state index is 10.9. The largest absolute Gasteiger partial charge is 0.349 e. The Bertz CT molecular complexity index is 336. The summed E-state index contributed by atoms with van der Waals surface area (Å²) in [7, 11) is 1.81. The summed E-state index contributed by atoms with van der Waals surface area (Å²) in [6, 6.07) is 3.58. The molecule has 0 aliphatic heterocycles. The Labute approximate surface area is 76.0 Å². The summed E-state index contributed by atoms with van der Waals surface area (Å²) >= 11 is 0. The molecule has 68 valence electrons. The summed E-state index contributed by atoms with van der Waals surface area (Å²) in [6.07, 6.45) is 1.69. The van der Waals surface area contributed by atoms with Gasteiger partial charge in [-0.15, -0.1) is 0 Å². The van der Waals surface area contributed by atoms with Crippen molar-refractivity contribution in [3.8, 4) is 6.07 Å². The van der Waals surface area contributed by atoms with Crippen molar-refractivity contribution in [1.82, 2.24) is 15.1 Å². The van der Waals surface area contributed by atoms with Crippen LogP contribution in [-0.4, -0.2) is 15.7 Å². The minimum Gasteiger partial charge on any atom is -0.349 e. The predicted molar refractivity (Wildman–Crippen MR) is 45.3 cm³/mol. The zero-order chi connectivity index (χ0) is 9.68. The van der Waals surface area contributed by atoms with Crippen LogP contribution in [0.2, 0.25) is 0 Å². The Morgan fingerprint density at radius 2 is 2.62 bits per heavy atom. The fourth-order valence-electron chi connectivity index (χ4n) is 0.881. The number of rotatable bonds is 3. The Morgan fingerprint density at radius 3 is 3.15 bits per heavy atom. The normalized spacial score (nSPS) is 9.23. The van der Waals surface area contributed by atoms with Crippen molar-refractivity contribution in [2.75, 3.05) is 0 Å². The Morgan fingerprint density at radius 1 is 1.85 bits per heavy atom. The van der Waals surface area contributed by atoms with Crippen LogP contribution in [0.25, 0.3) is 0 Å². The van der Waals surface area contributed by atoms with Crippen molar-refractivity contribution in [2.45, 2.75) is 13.0 Å². The SMILES string of the molecule is Cn1ccc(CNC(=O)CC#N)n1. The molecule has 5 heteroatoms. The van der Waals surface area contributed by atoms with E-state index in [2.05, 4.69) is 10.4 Å². The second-order valence-corrected chi connectivity index (χ2v) is 2.59. The number of carbonyl (C=O) groups is 1. The van der Waals surface area contributed by atoms with Crippen molar-refractivity contribution in [3.63, 3.8) is 0 Å². The van der Waals surface area contributed by atoms with Crippen molar-refractivity contribution in [2.24, 2.45) is 7.05 Å². The molecule has 0 aliphatic carbocycles. The highest BCUT2D eigenvalue weighted by molar-refractivity contribution is 5.77. The number of carbonyl (C=O) groups excluding carboxylic acids is 1. The van der Waals surface area contributed by atoms with Gasteiger partial charge in [0.25, 0.3) is 0 Å². The minimum absolute atomic E-state index is 0.104. The Balaban J connectivity index is 2.36. The molecule has 0 aliphatic rings. The number of nitrogens with one attached hydrogen (secondary N) is 1. The third-order valence-corrected chi connectivity index (χ3v) is 1.48. The highest BCUT2D eigenvalue weighted by atomic mass is 16.1. The maximum atomic E-state index is 10.9. The first kappa shape index (κ1) is 9.26. The number of hydrogen-bond donors (Lipinski definition) is 1. The summed E-state index contributed by atoms with van der Waals surface area (Å²) in [4.78, 5) is 10.9. The lowest BCUT2D eigenvalue weighted by Crippen LogP contribution is -2.22. The number of nitriles is 1. The molecule has 5 nitrogen and oxygen atoms in total. The summed E-state index contributed by atoms with van der Waals surface area (Å²) in [5.41, 5.74) is 0.786. The van der Waals surface area contributed by atoms with Crippen LogP contribution >= 0.6 is 0 Å². The molecular weight excluding hydrogens is 168 g/mol. The second-order valence-electron chi connectivity index (χ2n) is 2.59. The zero-order valence-corrected chi connectivity index (χ0v) is 7.32. The molecule has 13 heavy (non-hydrogen) atoms. The lowest BCUT2D eigenvalue weighted by atomic mass is 10.4. The van der Waals surface area contributed by atoms with Crippen LogP contribution in [0.3, 0.4) is 0 Å². The molecule has 1 heterocycles. The lowest BCUT2D eigenvalue weighted by molar-refractivity contribution is -0.120. The van der Waals surface area contributed by atoms with Gasteiger partial charge in [-0.3, -0.25) is 9.48 Å². The number of aromatic nitrogens is 2. The topological polar surface area (TPSA) is 70.7 Å². The summed E-state index contributed by atoms with van der Waals surface area (Å²) in [5, 5.41) is 14.8. The fourth-order valence-corrected chi connectivity index (χ4v) is 0.881. The molecule has 0 unspecified atom stereocenters. The smallest absolute Gasteiger partial charge is 0.234 e. The minimum atomic E-state index is -0.270. The van der Waals surface area contributed by atoms with E-state index in [-0.39, 0.29) is 12.3 Å². The van der Waals surface area contributed by atoms with Crippen molar-refractivity contribution in [1.29, 1.82) is 5.26 Å². The molecule has 0 aromatic carbocycles. The van der Waals surface area contributed by atoms with Crippen molar-refractivity contribution >= 4 is 5.91 Å². The van der Waals surface area contributed by atoms with E-state index < -0.39 is 0 Å². The van der Waals surface area contributed by atoms with Gasteiger partial charge in [0.05, 0.1) is 18.3 Å².